The second-order valence-electron chi connectivity index (χ2n) is 6.88. The van der Waals surface area contributed by atoms with Gasteiger partial charge in [-0.2, -0.15) is 0 Å². The molecule has 1 amide bonds. The summed E-state index contributed by atoms with van der Waals surface area (Å²) in [5.41, 5.74) is 3.08. The fraction of sp³-hybridized carbons (Fsp3) is 0.273. The summed E-state index contributed by atoms with van der Waals surface area (Å²) in [7, 11) is 0. The first kappa shape index (κ1) is 20.0. The predicted octanol–water partition coefficient (Wildman–Crippen LogP) is 3.88. The van der Waals surface area contributed by atoms with Crippen LogP contribution in [0, 0.1) is 0 Å². The van der Waals surface area contributed by atoms with Gasteiger partial charge >= 0.3 is 0 Å². The molecule has 5 nitrogen and oxygen atoms in total. The molecule has 0 aliphatic heterocycles. The van der Waals surface area contributed by atoms with E-state index in [0.717, 1.165) is 24.1 Å². The van der Waals surface area contributed by atoms with Crippen LogP contribution < -0.4 is 11.2 Å². The molecule has 0 aliphatic rings. The van der Waals surface area contributed by atoms with Crippen LogP contribution in [0.3, 0.4) is 0 Å². The van der Waals surface area contributed by atoms with E-state index in [4.69, 9.17) is 5.84 Å². The van der Waals surface area contributed by atoms with Crippen molar-refractivity contribution in [1.82, 2.24) is 15.0 Å². The second-order valence-corrected chi connectivity index (χ2v) is 8.18. The van der Waals surface area contributed by atoms with Gasteiger partial charge in [-0.1, -0.05) is 72.4 Å². The van der Waals surface area contributed by atoms with Crippen LogP contribution in [0.1, 0.15) is 25.8 Å². The van der Waals surface area contributed by atoms with Crippen LogP contribution in [-0.4, -0.2) is 26.9 Å². The number of benzene rings is 2. The second kappa shape index (κ2) is 9.46. The van der Waals surface area contributed by atoms with E-state index in [2.05, 4.69) is 22.4 Å². The maximum Gasteiger partial charge on any atom is 0.233 e. The summed E-state index contributed by atoms with van der Waals surface area (Å²) < 4.78 is 1.48. The minimum atomic E-state index is -0.285. The van der Waals surface area contributed by atoms with Gasteiger partial charge in [-0.25, -0.2) is 9.66 Å². The molecule has 2 atom stereocenters. The first-order chi connectivity index (χ1) is 13.5. The van der Waals surface area contributed by atoms with Crippen LogP contribution in [0.2, 0.25) is 0 Å². The molecule has 2 aromatic carbocycles. The topological polar surface area (TPSA) is 72.9 Å². The Morgan fingerprint density at radius 3 is 2.43 bits per heavy atom. The third-order valence-corrected chi connectivity index (χ3v) is 5.60. The number of hydrogen-bond acceptors (Lipinski definition) is 4. The molecule has 0 bridgehead atoms. The number of nitrogen functional groups attached to an aromatic ring is 1. The number of aryl methyl sites for hydroxylation is 1. The average Bonchev–Trinajstić information content (AvgIpc) is 3.08. The zero-order valence-corrected chi connectivity index (χ0v) is 17.0. The van der Waals surface area contributed by atoms with E-state index in [-0.39, 0.29) is 17.2 Å². The van der Waals surface area contributed by atoms with Crippen molar-refractivity contribution in [2.24, 2.45) is 0 Å². The Morgan fingerprint density at radius 2 is 1.75 bits per heavy atom. The lowest BCUT2D eigenvalue weighted by Gasteiger charge is -2.17. The summed E-state index contributed by atoms with van der Waals surface area (Å²) in [6, 6.07) is 20.3. The summed E-state index contributed by atoms with van der Waals surface area (Å²) in [4.78, 5) is 17.1. The number of nitrogens with two attached hydrogens (primary N) is 1. The molecule has 3 aromatic rings. The number of imidazole rings is 1. The number of nitrogens with one attached hydrogen (secondary N) is 1. The zero-order chi connectivity index (χ0) is 19.9. The van der Waals surface area contributed by atoms with Crippen molar-refractivity contribution in [2.75, 3.05) is 5.84 Å². The third-order valence-electron chi connectivity index (χ3n) is 4.52. The van der Waals surface area contributed by atoms with Gasteiger partial charge in [0.05, 0.1) is 17.1 Å². The fourth-order valence-corrected chi connectivity index (χ4v) is 3.70. The number of nitrogens with zero attached hydrogens (tertiary/aromatic N) is 2. The number of thioether (sulfide) groups is 1. The average molecular weight is 395 g/mol. The molecule has 0 fully saturated rings. The molecule has 28 heavy (non-hydrogen) atoms. The summed E-state index contributed by atoms with van der Waals surface area (Å²) in [5.74, 6) is 6.04. The molecule has 0 spiro atoms. The lowest BCUT2D eigenvalue weighted by atomic mass is 10.1. The summed E-state index contributed by atoms with van der Waals surface area (Å²) in [6.45, 7) is 3.91. The molecular weight excluding hydrogens is 368 g/mol. The zero-order valence-electron chi connectivity index (χ0n) is 16.2. The molecule has 0 radical (unpaired) electrons. The maximum atomic E-state index is 12.5. The van der Waals surface area contributed by atoms with Gasteiger partial charge in [0.15, 0.2) is 5.16 Å². The maximum absolute atomic E-state index is 12.5. The smallest absolute Gasteiger partial charge is 0.233 e. The van der Waals surface area contributed by atoms with Crippen molar-refractivity contribution < 1.29 is 4.79 Å². The van der Waals surface area contributed by atoms with Crippen LogP contribution in [-0.2, 0) is 11.2 Å². The molecule has 6 heteroatoms. The van der Waals surface area contributed by atoms with Gasteiger partial charge in [-0.15, -0.1) is 0 Å². The summed E-state index contributed by atoms with van der Waals surface area (Å²) >= 11 is 1.37. The molecule has 1 aromatic heterocycles. The van der Waals surface area contributed by atoms with Crippen molar-refractivity contribution in [3.63, 3.8) is 0 Å². The molecule has 1 heterocycles. The van der Waals surface area contributed by atoms with Gasteiger partial charge < -0.3 is 11.2 Å². The Kier molecular flexibility index (Phi) is 6.76. The van der Waals surface area contributed by atoms with Crippen LogP contribution in [0.15, 0.2) is 72.0 Å². The fourth-order valence-electron chi connectivity index (χ4n) is 2.88. The third kappa shape index (κ3) is 5.39. The molecule has 0 saturated heterocycles. The lowest BCUT2D eigenvalue weighted by Crippen LogP contribution is -2.38. The Morgan fingerprint density at radius 1 is 1.11 bits per heavy atom. The number of carbonyl (C=O) groups excluding carboxylic acids is 1. The highest BCUT2D eigenvalue weighted by molar-refractivity contribution is 8.00. The quantitative estimate of drug-likeness (QED) is 0.449. The van der Waals surface area contributed by atoms with E-state index in [1.807, 2.05) is 62.4 Å². The van der Waals surface area contributed by atoms with Gasteiger partial charge in [0, 0.05) is 11.6 Å². The molecule has 0 aliphatic carbocycles. The van der Waals surface area contributed by atoms with E-state index < -0.39 is 0 Å². The van der Waals surface area contributed by atoms with Gasteiger partial charge in [0.2, 0.25) is 5.91 Å². The Labute approximate surface area is 170 Å². The first-order valence-electron chi connectivity index (χ1n) is 9.44. The standard InChI is InChI=1S/C22H26N4OS/c1-16(13-14-18-9-5-3-6-10-18)24-21(27)17(2)28-22-25-20(15-26(22)23)19-11-7-4-8-12-19/h3-12,15-17H,13-14,23H2,1-2H3,(H,24,27)/t16-,17-/m0/s1. The van der Waals surface area contributed by atoms with Gasteiger partial charge in [0.1, 0.15) is 0 Å². The highest BCUT2D eigenvalue weighted by atomic mass is 32.2. The Balaban J connectivity index is 1.53. The minimum absolute atomic E-state index is 0.00479. The van der Waals surface area contributed by atoms with Gasteiger partial charge in [-0.3, -0.25) is 4.79 Å². The first-order valence-corrected chi connectivity index (χ1v) is 10.3. The van der Waals surface area contributed by atoms with Gasteiger partial charge in [-0.05, 0) is 32.3 Å². The van der Waals surface area contributed by atoms with Gasteiger partial charge in [0.25, 0.3) is 0 Å². The van der Waals surface area contributed by atoms with E-state index in [1.165, 1.54) is 22.0 Å². The number of amides is 1. The normalized spacial score (nSPS) is 13.1. The van der Waals surface area contributed by atoms with Crippen molar-refractivity contribution >= 4 is 17.7 Å². The largest absolute Gasteiger partial charge is 0.353 e. The minimum Gasteiger partial charge on any atom is -0.353 e. The molecule has 3 N–H and O–H groups in total. The number of rotatable bonds is 8. The van der Waals surface area contributed by atoms with E-state index in [1.54, 1.807) is 6.20 Å². The van der Waals surface area contributed by atoms with Crippen LogP contribution in [0.25, 0.3) is 11.3 Å². The SMILES string of the molecule is C[C@H](Sc1nc(-c2ccccc2)cn1N)C(=O)N[C@@H](C)CCc1ccccc1. The molecule has 3 rings (SSSR count). The molecular formula is C22H26N4OS. The summed E-state index contributed by atoms with van der Waals surface area (Å²) in [5, 5.41) is 3.43. The number of aromatic nitrogens is 2. The highest BCUT2D eigenvalue weighted by Gasteiger charge is 2.19. The van der Waals surface area contributed by atoms with Crippen molar-refractivity contribution in [1.29, 1.82) is 0 Å². The Hall–Kier alpha value is -2.73. The van der Waals surface area contributed by atoms with E-state index in [9.17, 15) is 4.79 Å². The number of carbonyl (C=O) groups is 1. The summed E-state index contributed by atoms with van der Waals surface area (Å²) in [6.07, 6.45) is 3.62. The number of hydrogen-bond donors (Lipinski definition) is 2. The van der Waals surface area contributed by atoms with Crippen LogP contribution in [0.5, 0.6) is 0 Å². The van der Waals surface area contributed by atoms with E-state index in [0.29, 0.717) is 5.16 Å². The molecule has 0 saturated carbocycles. The molecule has 0 unspecified atom stereocenters. The predicted molar refractivity (Wildman–Crippen MR) is 116 cm³/mol. The monoisotopic (exact) mass is 394 g/mol. The van der Waals surface area contributed by atoms with Crippen LogP contribution >= 0.6 is 11.8 Å². The Bertz CT molecular complexity index is 895. The van der Waals surface area contributed by atoms with Crippen molar-refractivity contribution in [3.05, 3.63) is 72.4 Å². The lowest BCUT2D eigenvalue weighted by molar-refractivity contribution is -0.120. The van der Waals surface area contributed by atoms with E-state index >= 15 is 0 Å². The van der Waals surface area contributed by atoms with Crippen molar-refractivity contribution in [3.8, 4) is 11.3 Å². The van der Waals surface area contributed by atoms with Crippen LogP contribution in [0.4, 0.5) is 0 Å². The van der Waals surface area contributed by atoms with Crippen molar-refractivity contribution in [2.45, 2.75) is 43.1 Å². The molecule has 146 valence electrons. The highest BCUT2D eigenvalue weighted by Crippen LogP contribution is 2.25.